The zero-order valence-electron chi connectivity index (χ0n) is 11.1. The predicted octanol–water partition coefficient (Wildman–Crippen LogP) is 3.63. The molecule has 0 aliphatic rings. The Balaban J connectivity index is 0.000001000. The number of aromatic nitrogens is 2. The van der Waals surface area contributed by atoms with E-state index in [2.05, 4.69) is 9.98 Å². The Bertz CT molecular complexity index is 640. The number of aliphatic imine (C=N–C) groups is 1. The van der Waals surface area contributed by atoms with Gasteiger partial charge < -0.3 is 17.0 Å². The van der Waals surface area contributed by atoms with Crippen molar-refractivity contribution in [3.63, 3.8) is 0 Å². The molecule has 0 spiro atoms. The number of hydrogen-bond donors (Lipinski definition) is 0. The molecule has 0 radical (unpaired) electrons. The molecule has 3 rings (SSSR count). The van der Waals surface area contributed by atoms with Crippen molar-refractivity contribution in [3.05, 3.63) is 80.2 Å². The monoisotopic (exact) mass is 307 g/mol. The Kier molecular flexibility index (Phi) is 6.01. The van der Waals surface area contributed by atoms with Gasteiger partial charge >= 0.3 is 16.5 Å². The third-order valence-electron chi connectivity index (χ3n) is 2.68. The Morgan fingerprint density at radius 3 is 2.40 bits per heavy atom. The minimum atomic E-state index is 0. The minimum Gasteiger partial charge on any atom is -0.663 e. The van der Waals surface area contributed by atoms with Crippen LogP contribution < -0.4 is 4.98 Å². The van der Waals surface area contributed by atoms with Gasteiger partial charge in [-0.15, -0.1) is 5.69 Å². The fourth-order valence-corrected chi connectivity index (χ4v) is 1.81. The van der Waals surface area contributed by atoms with Gasteiger partial charge in [-0.3, -0.25) is 4.99 Å². The van der Waals surface area contributed by atoms with Crippen LogP contribution in [-0.4, -0.2) is 10.8 Å². The molecule has 104 valence electrons. The van der Waals surface area contributed by atoms with Crippen molar-refractivity contribution in [2.24, 2.45) is 4.99 Å². The SMILES string of the molecule is C(=Nc1ccccc1-n1cccc1)c1ccc[n-]1.[CH3-].[Ni+2]. The van der Waals surface area contributed by atoms with Gasteiger partial charge in [0.2, 0.25) is 0 Å². The molecule has 0 unspecified atom stereocenters. The molecular formula is C16H15N3Ni. The summed E-state index contributed by atoms with van der Waals surface area (Å²) in [4.78, 5) is 8.66. The number of para-hydroxylation sites is 2. The van der Waals surface area contributed by atoms with E-state index in [0.717, 1.165) is 17.1 Å². The molecule has 4 heteroatoms. The van der Waals surface area contributed by atoms with E-state index >= 15 is 0 Å². The first-order valence-electron chi connectivity index (χ1n) is 5.77. The Morgan fingerprint density at radius 1 is 0.950 bits per heavy atom. The van der Waals surface area contributed by atoms with Gasteiger partial charge in [0, 0.05) is 18.6 Å². The van der Waals surface area contributed by atoms with Crippen molar-refractivity contribution < 1.29 is 16.5 Å². The number of benzene rings is 1. The van der Waals surface area contributed by atoms with E-state index in [-0.39, 0.29) is 23.9 Å². The van der Waals surface area contributed by atoms with Crippen molar-refractivity contribution in [2.75, 3.05) is 0 Å². The van der Waals surface area contributed by atoms with Crippen LogP contribution >= 0.6 is 0 Å². The molecule has 3 aromatic rings. The first-order valence-corrected chi connectivity index (χ1v) is 5.77. The molecule has 0 N–H and O–H groups in total. The molecule has 1 aromatic carbocycles. The minimum absolute atomic E-state index is 0. The average Bonchev–Trinajstić information content (AvgIpc) is 3.10. The standard InChI is InChI=1S/C15H12N3.CH3.Ni/c1-2-8-15(18-10-3-4-11-18)14(7-1)17-12-13-6-5-9-16-13;;/h1-12H;1H3;/q2*-1;+2. The second-order valence-corrected chi connectivity index (χ2v) is 3.90. The number of rotatable bonds is 3. The van der Waals surface area contributed by atoms with Crippen molar-refractivity contribution in [1.82, 2.24) is 9.55 Å². The van der Waals surface area contributed by atoms with Crippen LogP contribution in [0.5, 0.6) is 0 Å². The van der Waals surface area contributed by atoms with E-state index in [9.17, 15) is 0 Å². The molecule has 2 aromatic heterocycles. The van der Waals surface area contributed by atoms with Crippen LogP contribution in [0.4, 0.5) is 5.69 Å². The molecule has 0 saturated heterocycles. The topological polar surface area (TPSA) is 31.4 Å². The second kappa shape index (κ2) is 7.51. The van der Waals surface area contributed by atoms with E-state index in [1.54, 1.807) is 12.4 Å². The van der Waals surface area contributed by atoms with Crippen molar-refractivity contribution in [3.8, 4) is 5.69 Å². The van der Waals surface area contributed by atoms with Crippen LogP contribution in [0.2, 0.25) is 0 Å². The van der Waals surface area contributed by atoms with E-state index in [1.165, 1.54) is 0 Å². The molecular weight excluding hydrogens is 293 g/mol. The number of nitrogens with zero attached hydrogens (tertiary/aromatic N) is 3. The van der Waals surface area contributed by atoms with Gasteiger partial charge in [-0.05, 0) is 24.3 Å². The number of hydrogen-bond acceptors (Lipinski definition) is 1. The van der Waals surface area contributed by atoms with E-state index in [1.807, 2.05) is 65.5 Å². The van der Waals surface area contributed by atoms with Gasteiger partial charge in [0.15, 0.2) is 0 Å². The van der Waals surface area contributed by atoms with Crippen LogP contribution in [0.25, 0.3) is 5.69 Å². The fraction of sp³-hybridized carbons (Fsp3) is 0. The normalized spacial score (nSPS) is 10.0. The maximum absolute atomic E-state index is 4.50. The van der Waals surface area contributed by atoms with Gasteiger partial charge in [0.25, 0.3) is 0 Å². The first kappa shape index (κ1) is 16.0. The van der Waals surface area contributed by atoms with Gasteiger partial charge in [0.1, 0.15) is 0 Å². The second-order valence-electron chi connectivity index (χ2n) is 3.90. The zero-order valence-corrected chi connectivity index (χ0v) is 12.1. The van der Waals surface area contributed by atoms with E-state index in [4.69, 9.17) is 0 Å². The zero-order chi connectivity index (χ0) is 12.2. The average molecular weight is 308 g/mol. The summed E-state index contributed by atoms with van der Waals surface area (Å²) in [5.74, 6) is 0. The van der Waals surface area contributed by atoms with Crippen molar-refractivity contribution in [1.29, 1.82) is 0 Å². The summed E-state index contributed by atoms with van der Waals surface area (Å²) in [6.07, 6.45) is 7.56. The summed E-state index contributed by atoms with van der Waals surface area (Å²) in [6, 6.07) is 15.9. The van der Waals surface area contributed by atoms with Crippen LogP contribution in [-0.2, 0) is 16.5 Å². The summed E-state index contributed by atoms with van der Waals surface area (Å²) >= 11 is 0. The van der Waals surface area contributed by atoms with Gasteiger partial charge in [-0.2, -0.15) is 6.20 Å². The molecule has 0 aliphatic carbocycles. The molecule has 0 bridgehead atoms. The summed E-state index contributed by atoms with van der Waals surface area (Å²) in [5, 5.41) is 0. The molecule has 0 fully saturated rings. The molecule has 20 heavy (non-hydrogen) atoms. The van der Waals surface area contributed by atoms with Crippen LogP contribution in [0.15, 0.2) is 72.1 Å². The van der Waals surface area contributed by atoms with Crippen LogP contribution in [0.1, 0.15) is 5.69 Å². The Morgan fingerprint density at radius 2 is 1.70 bits per heavy atom. The van der Waals surface area contributed by atoms with Gasteiger partial charge in [-0.1, -0.05) is 24.3 Å². The summed E-state index contributed by atoms with van der Waals surface area (Å²) in [6.45, 7) is 0. The van der Waals surface area contributed by atoms with Crippen molar-refractivity contribution in [2.45, 2.75) is 0 Å². The molecule has 0 atom stereocenters. The maximum Gasteiger partial charge on any atom is 2.00 e. The molecule has 3 nitrogen and oxygen atoms in total. The van der Waals surface area contributed by atoms with Crippen LogP contribution in [0.3, 0.4) is 0 Å². The molecule has 0 saturated carbocycles. The fourth-order valence-electron chi connectivity index (χ4n) is 1.81. The Hall–Kier alpha value is -2.06. The van der Waals surface area contributed by atoms with Gasteiger partial charge in [0.05, 0.1) is 11.4 Å². The maximum atomic E-state index is 4.50. The molecule has 0 aliphatic heterocycles. The van der Waals surface area contributed by atoms with Crippen LogP contribution in [0, 0.1) is 7.43 Å². The summed E-state index contributed by atoms with van der Waals surface area (Å²) in [7, 11) is 0. The third-order valence-corrected chi connectivity index (χ3v) is 2.68. The summed E-state index contributed by atoms with van der Waals surface area (Å²) in [5.41, 5.74) is 2.86. The third kappa shape index (κ3) is 3.49. The quantitative estimate of drug-likeness (QED) is 0.413. The largest absolute Gasteiger partial charge is 2.00 e. The first-order chi connectivity index (χ1) is 8.93. The van der Waals surface area contributed by atoms with Gasteiger partial charge in [-0.25, -0.2) is 0 Å². The predicted molar refractivity (Wildman–Crippen MR) is 79.2 cm³/mol. The Labute approximate surface area is 129 Å². The molecule has 0 amide bonds. The van der Waals surface area contributed by atoms with Crippen molar-refractivity contribution >= 4 is 11.9 Å². The van der Waals surface area contributed by atoms with E-state index in [0.29, 0.717) is 0 Å². The summed E-state index contributed by atoms with van der Waals surface area (Å²) < 4.78 is 2.05. The molecule has 2 heterocycles. The van der Waals surface area contributed by atoms with E-state index < -0.39 is 0 Å². The smallest absolute Gasteiger partial charge is 0.663 e.